The number of alkyl carbamates (subject to hydrolysis) is 1. The molecule has 2 rings (SSSR count). The van der Waals surface area contributed by atoms with Crippen LogP contribution >= 0.6 is 15.9 Å². The zero-order valence-corrected chi connectivity index (χ0v) is 17.6. The van der Waals surface area contributed by atoms with Gasteiger partial charge in [0.15, 0.2) is 0 Å². The average Bonchev–Trinajstić information content (AvgIpc) is 2.57. The van der Waals surface area contributed by atoms with Gasteiger partial charge in [0.25, 0.3) is 5.91 Å². The summed E-state index contributed by atoms with van der Waals surface area (Å²) in [6.07, 6.45) is -3.55. The van der Waals surface area contributed by atoms with Crippen LogP contribution in [0, 0.1) is 5.92 Å². The molecule has 1 aliphatic heterocycles. The zero-order valence-electron chi connectivity index (χ0n) is 16.0. The number of ether oxygens (including phenoxy) is 1. The van der Waals surface area contributed by atoms with Crippen LogP contribution in [0.15, 0.2) is 22.7 Å². The van der Waals surface area contributed by atoms with Crippen molar-refractivity contribution < 1.29 is 27.5 Å². The van der Waals surface area contributed by atoms with Crippen molar-refractivity contribution in [3.05, 3.63) is 33.8 Å². The van der Waals surface area contributed by atoms with Gasteiger partial charge in [0, 0.05) is 29.7 Å². The summed E-state index contributed by atoms with van der Waals surface area (Å²) >= 11 is 2.90. The summed E-state index contributed by atoms with van der Waals surface area (Å²) in [6.45, 7) is 6.79. The lowest BCUT2D eigenvalue weighted by atomic mass is 9.96. The molecule has 1 heterocycles. The Hall–Kier alpha value is -1.77. The molecule has 0 atom stereocenters. The van der Waals surface area contributed by atoms with Crippen LogP contribution < -0.4 is 5.32 Å². The molecule has 0 saturated carbocycles. The van der Waals surface area contributed by atoms with Crippen LogP contribution in [0.5, 0.6) is 0 Å². The van der Waals surface area contributed by atoms with Gasteiger partial charge in [-0.3, -0.25) is 4.79 Å². The molecular weight excluding hydrogens is 441 g/mol. The molecule has 1 aliphatic rings. The third-order valence-electron chi connectivity index (χ3n) is 4.36. The molecule has 1 saturated heterocycles. The Morgan fingerprint density at radius 1 is 1.21 bits per heavy atom. The third-order valence-corrected chi connectivity index (χ3v) is 5.01. The van der Waals surface area contributed by atoms with Gasteiger partial charge in [-0.05, 0) is 57.7 Å². The molecule has 1 aromatic carbocycles. The van der Waals surface area contributed by atoms with E-state index in [2.05, 4.69) is 21.2 Å². The SMILES string of the molecule is CC(C)(C)OC(=O)NCC1CCN(C(=O)c2ccc(C(F)(F)F)c(Br)c2)CC1. The Labute approximate surface area is 170 Å². The van der Waals surface area contributed by atoms with E-state index in [1.165, 1.54) is 12.1 Å². The van der Waals surface area contributed by atoms with Gasteiger partial charge >= 0.3 is 12.3 Å². The van der Waals surface area contributed by atoms with Crippen molar-refractivity contribution in [1.29, 1.82) is 0 Å². The van der Waals surface area contributed by atoms with Crippen molar-refractivity contribution in [2.45, 2.75) is 45.4 Å². The summed E-state index contributed by atoms with van der Waals surface area (Å²) in [5.41, 5.74) is -1.16. The van der Waals surface area contributed by atoms with E-state index in [0.717, 1.165) is 6.07 Å². The molecule has 2 amide bonds. The van der Waals surface area contributed by atoms with E-state index in [9.17, 15) is 22.8 Å². The molecule has 1 aromatic rings. The molecule has 0 aliphatic carbocycles. The van der Waals surface area contributed by atoms with Crippen molar-refractivity contribution in [1.82, 2.24) is 10.2 Å². The first-order valence-corrected chi connectivity index (χ1v) is 9.79. The number of alkyl halides is 3. The van der Waals surface area contributed by atoms with E-state index in [1.54, 1.807) is 25.7 Å². The van der Waals surface area contributed by atoms with Gasteiger partial charge in [0.2, 0.25) is 0 Å². The summed E-state index contributed by atoms with van der Waals surface area (Å²) in [7, 11) is 0. The number of hydrogen-bond donors (Lipinski definition) is 1. The Morgan fingerprint density at radius 2 is 1.82 bits per heavy atom. The molecule has 156 valence electrons. The molecule has 5 nitrogen and oxygen atoms in total. The Bertz CT molecular complexity index is 724. The van der Waals surface area contributed by atoms with E-state index in [0.29, 0.717) is 32.5 Å². The maximum Gasteiger partial charge on any atom is 0.417 e. The lowest BCUT2D eigenvalue weighted by molar-refractivity contribution is -0.138. The predicted octanol–water partition coefficient (Wildman–Crippen LogP) is 4.84. The number of nitrogens with zero attached hydrogens (tertiary/aromatic N) is 1. The molecule has 0 unspecified atom stereocenters. The van der Waals surface area contributed by atoms with Gasteiger partial charge < -0.3 is 15.0 Å². The molecule has 28 heavy (non-hydrogen) atoms. The zero-order chi connectivity index (χ0) is 21.1. The summed E-state index contributed by atoms with van der Waals surface area (Å²) < 4.78 is 43.5. The van der Waals surface area contributed by atoms with E-state index >= 15 is 0 Å². The first-order chi connectivity index (χ1) is 12.9. The third kappa shape index (κ3) is 6.39. The Kier molecular flexibility index (Phi) is 7.01. The van der Waals surface area contributed by atoms with Crippen LogP contribution in [0.2, 0.25) is 0 Å². The molecule has 0 spiro atoms. The number of amides is 2. The van der Waals surface area contributed by atoms with E-state index in [1.807, 2.05) is 0 Å². The minimum absolute atomic E-state index is 0.151. The normalized spacial score (nSPS) is 16.0. The average molecular weight is 465 g/mol. The summed E-state index contributed by atoms with van der Waals surface area (Å²) in [5, 5.41) is 2.74. The van der Waals surface area contributed by atoms with Crippen molar-refractivity contribution >= 4 is 27.9 Å². The van der Waals surface area contributed by atoms with E-state index in [-0.39, 0.29) is 21.9 Å². The molecular formula is C19H24BrF3N2O3. The van der Waals surface area contributed by atoms with Gasteiger partial charge in [-0.2, -0.15) is 13.2 Å². The van der Waals surface area contributed by atoms with Crippen LogP contribution in [0.1, 0.15) is 49.5 Å². The number of benzene rings is 1. The fourth-order valence-electron chi connectivity index (χ4n) is 2.94. The molecule has 1 fully saturated rings. The van der Waals surface area contributed by atoms with Crippen LogP contribution in [0.4, 0.5) is 18.0 Å². The quantitative estimate of drug-likeness (QED) is 0.695. The van der Waals surface area contributed by atoms with Crippen LogP contribution in [0.25, 0.3) is 0 Å². The van der Waals surface area contributed by atoms with Crippen molar-refractivity contribution in [3.8, 4) is 0 Å². The fraction of sp³-hybridized carbons (Fsp3) is 0.579. The Balaban J connectivity index is 1.87. The number of likely N-dealkylation sites (tertiary alicyclic amines) is 1. The number of halogens is 4. The minimum Gasteiger partial charge on any atom is -0.444 e. The number of carbonyl (C=O) groups is 2. The number of nitrogens with one attached hydrogen (secondary N) is 1. The number of carbonyl (C=O) groups excluding carboxylic acids is 2. The van der Waals surface area contributed by atoms with Gasteiger partial charge in [-0.1, -0.05) is 15.9 Å². The van der Waals surface area contributed by atoms with Crippen LogP contribution in [0.3, 0.4) is 0 Å². The molecule has 0 aromatic heterocycles. The highest BCUT2D eigenvalue weighted by molar-refractivity contribution is 9.10. The van der Waals surface area contributed by atoms with Crippen LogP contribution in [-0.2, 0) is 10.9 Å². The van der Waals surface area contributed by atoms with Gasteiger partial charge in [0.05, 0.1) is 5.56 Å². The monoisotopic (exact) mass is 464 g/mol. The Morgan fingerprint density at radius 3 is 2.32 bits per heavy atom. The maximum atomic E-state index is 12.8. The first kappa shape index (κ1) is 22.5. The van der Waals surface area contributed by atoms with Crippen molar-refractivity contribution in [2.75, 3.05) is 19.6 Å². The second kappa shape index (κ2) is 8.71. The number of rotatable bonds is 3. The van der Waals surface area contributed by atoms with Gasteiger partial charge in [0.1, 0.15) is 5.60 Å². The van der Waals surface area contributed by atoms with Gasteiger partial charge in [-0.25, -0.2) is 4.79 Å². The summed E-state index contributed by atoms with van der Waals surface area (Å²) in [6, 6.07) is 3.32. The number of piperidine rings is 1. The molecule has 0 radical (unpaired) electrons. The maximum absolute atomic E-state index is 12.8. The van der Waals surface area contributed by atoms with Crippen molar-refractivity contribution in [3.63, 3.8) is 0 Å². The van der Waals surface area contributed by atoms with Crippen molar-refractivity contribution in [2.24, 2.45) is 5.92 Å². The summed E-state index contributed by atoms with van der Waals surface area (Å²) in [4.78, 5) is 25.9. The topological polar surface area (TPSA) is 58.6 Å². The summed E-state index contributed by atoms with van der Waals surface area (Å²) in [5.74, 6) is -0.0797. The second-order valence-electron chi connectivity index (χ2n) is 7.81. The first-order valence-electron chi connectivity index (χ1n) is 8.99. The second-order valence-corrected chi connectivity index (χ2v) is 8.67. The lowest BCUT2D eigenvalue weighted by Gasteiger charge is -2.32. The number of hydrogen-bond acceptors (Lipinski definition) is 3. The van der Waals surface area contributed by atoms with Gasteiger partial charge in [-0.15, -0.1) is 0 Å². The minimum atomic E-state index is -4.47. The molecule has 9 heteroatoms. The highest BCUT2D eigenvalue weighted by Crippen LogP contribution is 2.35. The largest absolute Gasteiger partial charge is 0.444 e. The fourth-order valence-corrected chi connectivity index (χ4v) is 3.55. The highest BCUT2D eigenvalue weighted by Gasteiger charge is 2.33. The lowest BCUT2D eigenvalue weighted by Crippen LogP contribution is -2.42. The molecule has 1 N–H and O–H groups in total. The van der Waals surface area contributed by atoms with Crippen LogP contribution in [-0.4, -0.2) is 42.1 Å². The van der Waals surface area contributed by atoms with E-state index in [4.69, 9.17) is 4.74 Å². The smallest absolute Gasteiger partial charge is 0.417 e. The van der Waals surface area contributed by atoms with E-state index < -0.39 is 23.4 Å². The predicted molar refractivity (Wildman–Crippen MR) is 102 cm³/mol. The molecule has 0 bridgehead atoms. The standard InChI is InChI=1S/C19H24BrF3N2O3/c1-18(2,3)28-17(27)24-11-12-6-8-25(9-7-12)16(26)13-4-5-14(15(20)10-13)19(21,22)23/h4-5,10,12H,6-9,11H2,1-3H3,(H,24,27). The highest BCUT2D eigenvalue weighted by atomic mass is 79.9.